The molecular formula is C18H38O6Sn. The van der Waals surface area contributed by atoms with E-state index in [4.69, 9.17) is 15.3 Å². The molecule has 0 aromatic rings. The summed E-state index contributed by atoms with van der Waals surface area (Å²) in [6, 6.07) is 0. The molecule has 150 valence electrons. The van der Waals surface area contributed by atoms with Gasteiger partial charge in [0.15, 0.2) is 0 Å². The van der Waals surface area contributed by atoms with Gasteiger partial charge in [-0.05, 0) is 19.3 Å². The third kappa shape index (κ3) is 70.0. The molecule has 6 nitrogen and oxygen atoms in total. The van der Waals surface area contributed by atoms with Crippen molar-refractivity contribution in [3.05, 3.63) is 0 Å². The van der Waals surface area contributed by atoms with E-state index in [1.165, 1.54) is 52.6 Å². The number of aliphatic carboxylic acids is 3. The van der Waals surface area contributed by atoms with E-state index < -0.39 is 17.9 Å². The monoisotopic (exact) mass is 470 g/mol. The number of hydrogen-bond acceptors (Lipinski definition) is 3. The van der Waals surface area contributed by atoms with E-state index in [1.54, 1.807) is 0 Å². The molecule has 0 saturated heterocycles. The summed E-state index contributed by atoms with van der Waals surface area (Å²) in [5.41, 5.74) is 0. The molecule has 0 heterocycles. The zero-order valence-corrected chi connectivity index (χ0v) is 19.7. The third-order valence-corrected chi connectivity index (χ3v) is 3.61. The molecule has 0 unspecified atom stereocenters. The first-order valence-corrected chi connectivity index (χ1v) is 11.4. The fourth-order valence-corrected chi connectivity index (χ4v) is 2.04. The second-order valence-corrected chi connectivity index (χ2v) is 6.93. The van der Waals surface area contributed by atoms with Crippen LogP contribution in [0, 0.1) is 0 Å². The van der Waals surface area contributed by atoms with Crippen LogP contribution in [0.1, 0.15) is 91.9 Å². The molecule has 0 aliphatic carbocycles. The van der Waals surface area contributed by atoms with Gasteiger partial charge >= 0.3 is 77.5 Å². The van der Waals surface area contributed by atoms with Crippen molar-refractivity contribution in [1.82, 2.24) is 0 Å². The zero-order chi connectivity index (χ0) is 20.5. The summed E-state index contributed by atoms with van der Waals surface area (Å²) >= 11 is 1.46. The van der Waals surface area contributed by atoms with Gasteiger partial charge in [0.1, 0.15) is 0 Å². The molecule has 2 radical (unpaired) electrons. The van der Waals surface area contributed by atoms with Gasteiger partial charge in [0.05, 0.1) is 0 Å². The van der Waals surface area contributed by atoms with Crippen LogP contribution in [0.15, 0.2) is 0 Å². The number of carbonyl (C=O) groups is 3. The van der Waals surface area contributed by atoms with Gasteiger partial charge in [0, 0.05) is 19.3 Å². The zero-order valence-electron chi connectivity index (χ0n) is 16.4. The van der Waals surface area contributed by atoms with Crippen molar-refractivity contribution in [3.8, 4) is 0 Å². The Kier molecular flexibility index (Phi) is 39.6. The van der Waals surface area contributed by atoms with Gasteiger partial charge in [-0.2, -0.15) is 0 Å². The van der Waals surface area contributed by atoms with E-state index in [2.05, 4.69) is 6.92 Å². The molecule has 0 bridgehead atoms. The quantitative estimate of drug-likeness (QED) is 0.321. The maximum absolute atomic E-state index is 9.60. The molecule has 0 atom stereocenters. The molecule has 0 aliphatic heterocycles. The summed E-state index contributed by atoms with van der Waals surface area (Å²) in [7, 11) is 0. The van der Waals surface area contributed by atoms with Crippen LogP contribution in [-0.2, 0) is 14.4 Å². The molecule has 0 saturated carbocycles. The molecule has 0 rings (SSSR count). The number of rotatable bonds is 10. The number of carboxylic acids is 3. The van der Waals surface area contributed by atoms with Crippen molar-refractivity contribution in [2.45, 2.75) is 96.3 Å². The number of unbranched alkanes of at least 4 members (excludes halogenated alkanes) is 3. The van der Waals surface area contributed by atoms with Crippen LogP contribution in [0.5, 0.6) is 0 Å². The molecule has 0 aromatic carbocycles. The first-order chi connectivity index (χ1) is 11.7. The maximum atomic E-state index is 9.60. The van der Waals surface area contributed by atoms with Crippen LogP contribution in [0.25, 0.3) is 0 Å². The standard InChI is InChI=1S/C6H13.3C4H8O2.Sn.H/c1-3-5-6-4-2;3*1-2-3-4(5)6;;/h1,3-6H2,2H3;3*2-3H2,1H3,(H,5,6);;. The van der Waals surface area contributed by atoms with Gasteiger partial charge < -0.3 is 15.3 Å². The van der Waals surface area contributed by atoms with E-state index in [0.29, 0.717) is 19.3 Å². The Morgan fingerprint density at radius 2 is 0.920 bits per heavy atom. The van der Waals surface area contributed by atoms with Crippen molar-refractivity contribution in [1.29, 1.82) is 0 Å². The van der Waals surface area contributed by atoms with E-state index in [1.807, 2.05) is 20.8 Å². The summed E-state index contributed by atoms with van der Waals surface area (Å²) in [6.07, 6.45) is 8.84. The molecular weight excluding hydrogens is 431 g/mol. The van der Waals surface area contributed by atoms with Crippen molar-refractivity contribution >= 4 is 40.4 Å². The molecule has 25 heavy (non-hydrogen) atoms. The van der Waals surface area contributed by atoms with Gasteiger partial charge in [0.25, 0.3) is 0 Å². The average molecular weight is 469 g/mol. The Balaban J connectivity index is -0.000000118. The third-order valence-electron chi connectivity index (χ3n) is 2.45. The molecule has 0 amide bonds. The average Bonchev–Trinajstić information content (AvgIpc) is 2.49. The summed E-state index contributed by atoms with van der Waals surface area (Å²) < 4.78 is 1.49. The predicted octanol–water partition coefficient (Wildman–Crippen LogP) is 4.50. The van der Waals surface area contributed by atoms with Crippen LogP contribution in [0.2, 0.25) is 4.44 Å². The fourth-order valence-electron chi connectivity index (χ4n) is 1.21. The van der Waals surface area contributed by atoms with Crippen LogP contribution >= 0.6 is 0 Å². The minimum absolute atomic E-state index is 0.292. The van der Waals surface area contributed by atoms with Crippen molar-refractivity contribution in [3.63, 3.8) is 0 Å². The van der Waals surface area contributed by atoms with Crippen molar-refractivity contribution in [2.24, 2.45) is 0 Å². The summed E-state index contributed by atoms with van der Waals surface area (Å²) in [4.78, 5) is 28.8. The molecule has 3 N–H and O–H groups in total. The Bertz CT molecular complexity index is 253. The molecule has 0 fully saturated rings. The Morgan fingerprint density at radius 3 is 1.04 bits per heavy atom. The van der Waals surface area contributed by atoms with Gasteiger partial charge in [-0.3, -0.25) is 14.4 Å². The van der Waals surface area contributed by atoms with Crippen LogP contribution in [-0.4, -0.2) is 55.8 Å². The molecule has 7 heteroatoms. The van der Waals surface area contributed by atoms with Gasteiger partial charge in [-0.15, -0.1) is 0 Å². The van der Waals surface area contributed by atoms with E-state index >= 15 is 0 Å². The SMILES string of the molecule is CCCC(=O)O.CCCC(=O)O.CCCC(=O)O.CCCCC[CH2][SnH]. The minimum atomic E-state index is -0.711. The topological polar surface area (TPSA) is 112 Å². The van der Waals surface area contributed by atoms with Gasteiger partial charge in [-0.1, -0.05) is 20.8 Å². The Labute approximate surface area is 166 Å². The predicted molar refractivity (Wildman–Crippen MR) is 104 cm³/mol. The van der Waals surface area contributed by atoms with E-state index in [-0.39, 0.29) is 0 Å². The summed E-state index contributed by atoms with van der Waals surface area (Å²) in [5.74, 6) is -2.13. The van der Waals surface area contributed by atoms with Gasteiger partial charge in [-0.25, -0.2) is 0 Å². The molecule has 0 aromatic heterocycles. The van der Waals surface area contributed by atoms with Gasteiger partial charge in [0.2, 0.25) is 0 Å². The van der Waals surface area contributed by atoms with E-state index in [9.17, 15) is 14.4 Å². The van der Waals surface area contributed by atoms with Crippen LogP contribution in [0.4, 0.5) is 0 Å². The Hall–Kier alpha value is -0.791. The van der Waals surface area contributed by atoms with Crippen LogP contribution < -0.4 is 0 Å². The summed E-state index contributed by atoms with van der Waals surface area (Å²) in [5, 5.41) is 23.7. The van der Waals surface area contributed by atoms with Crippen molar-refractivity contribution in [2.75, 3.05) is 0 Å². The summed E-state index contributed by atoms with van der Waals surface area (Å²) in [6.45, 7) is 7.78. The molecule has 0 aliphatic rings. The Morgan fingerprint density at radius 1 is 0.600 bits per heavy atom. The second kappa shape index (κ2) is 31.0. The normalized spacial score (nSPS) is 8.52. The van der Waals surface area contributed by atoms with E-state index in [0.717, 1.165) is 19.3 Å². The number of hydrogen-bond donors (Lipinski definition) is 3. The fraction of sp³-hybridized carbons (Fsp3) is 0.833. The van der Waals surface area contributed by atoms with Crippen LogP contribution in [0.3, 0.4) is 0 Å². The molecule has 0 spiro atoms. The second-order valence-electron chi connectivity index (χ2n) is 5.28. The first kappa shape index (κ1) is 31.9. The van der Waals surface area contributed by atoms with Crippen molar-refractivity contribution < 1.29 is 29.7 Å². The number of carboxylic acid groups (broad SMARTS) is 3. The first-order valence-electron chi connectivity index (χ1n) is 9.08.